The summed E-state index contributed by atoms with van der Waals surface area (Å²) in [7, 11) is 0. The molecule has 1 heterocycles. The first-order chi connectivity index (χ1) is 11.9. The summed E-state index contributed by atoms with van der Waals surface area (Å²) in [6.07, 6.45) is -4.55. The molecule has 0 spiro atoms. The van der Waals surface area contributed by atoms with E-state index in [2.05, 4.69) is 15.9 Å². The third-order valence-electron chi connectivity index (χ3n) is 4.72. The van der Waals surface area contributed by atoms with Crippen LogP contribution < -0.4 is 5.56 Å². The van der Waals surface area contributed by atoms with Crippen LogP contribution in [0.25, 0.3) is 10.9 Å². The number of pyridine rings is 1. The predicted molar refractivity (Wildman–Crippen MR) is 94.0 cm³/mol. The Hall–Kier alpha value is -2.08. The Morgan fingerprint density at radius 1 is 1.08 bits per heavy atom. The van der Waals surface area contributed by atoms with Crippen molar-refractivity contribution in [3.05, 3.63) is 80.0 Å². The number of fused-ring (bicyclic) bond motifs is 3. The fourth-order valence-electron chi connectivity index (χ4n) is 3.47. The Morgan fingerprint density at radius 2 is 1.76 bits per heavy atom. The molecule has 0 N–H and O–H groups in total. The van der Waals surface area contributed by atoms with Crippen molar-refractivity contribution in [1.29, 1.82) is 0 Å². The molecule has 6 heteroatoms. The Balaban J connectivity index is 1.90. The van der Waals surface area contributed by atoms with Crippen molar-refractivity contribution < 1.29 is 13.2 Å². The molecule has 25 heavy (non-hydrogen) atoms. The number of rotatable bonds is 2. The largest absolute Gasteiger partial charge is 0.396 e. The molecular formula is C19H13BrF3NO. The summed E-state index contributed by atoms with van der Waals surface area (Å²) in [5.41, 5.74) is 1.58. The molecule has 1 unspecified atom stereocenters. The molecular weight excluding hydrogens is 395 g/mol. The van der Waals surface area contributed by atoms with Crippen molar-refractivity contribution in [1.82, 2.24) is 4.57 Å². The fourth-order valence-corrected chi connectivity index (χ4v) is 3.73. The Bertz CT molecular complexity index is 1020. The molecule has 1 aliphatic carbocycles. The maximum absolute atomic E-state index is 13.2. The first-order valence-electron chi connectivity index (χ1n) is 7.81. The number of hydrogen-bond acceptors (Lipinski definition) is 1. The minimum absolute atomic E-state index is 0.153. The predicted octanol–water partition coefficient (Wildman–Crippen LogP) is 5.01. The summed E-state index contributed by atoms with van der Waals surface area (Å²) < 4.78 is 42.1. The first-order valence-corrected chi connectivity index (χ1v) is 8.61. The molecule has 4 rings (SSSR count). The summed E-state index contributed by atoms with van der Waals surface area (Å²) in [5, 5.41) is 0.516. The number of alkyl halides is 3. The monoisotopic (exact) mass is 407 g/mol. The summed E-state index contributed by atoms with van der Waals surface area (Å²) in [6.45, 7) is 0.330. The van der Waals surface area contributed by atoms with Crippen LogP contribution in [0.1, 0.15) is 22.6 Å². The molecule has 2 aromatic carbocycles. The highest BCUT2D eigenvalue weighted by atomic mass is 79.9. The molecule has 0 radical (unpaired) electrons. The van der Waals surface area contributed by atoms with Crippen LogP contribution in [0.2, 0.25) is 0 Å². The smallest absolute Gasteiger partial charge is 0.304 e. The van der Waals surface area contributed by atoms with E-state index in [1.165, 1.54) is 0 Å². The highest BCUT2D eigenvalue weighted by molar-refractivity contribution is 9.10. The van der Waals surface area contributed by atoms with E-state index in [1.807, 2.05) is 24.3 Å². The minimum Gasteiger partial charge on any atom is -0.304 e. The first kappa shape index (κ1) is 16.4. The van der Waals surface area contributed by atoms with Gasteiger partial charge in [0.15, 0.2) is 0 Å². The van der Waals surface area contributed by atoms with Crippen LogP contribution in [-0.4, -0.2) is 10.7 Å². The number of aromatic nitrogens is 1. The third-order valence-corrected chi connectivity index (χ3v) is 5.25. The molecule has 3 aromatic rings. The molecule has 1 atom stereocenters. The van der Waals surface area contributed by atoms with E-state index in [-0.39, 0.29) is 23.1 Å². The van der Waals surface area contributed by atoms with Gasteiger partial charge in [-0.05, 0) is 35.7 Å². The van der Waals surface area contributed by atoms with Crippen LogP contribution in [0.15, 0.2) is 57.8 Å². The van der Waals surface area contributed by atoms with Gasteiger partial charge in [-0.2, -0.15) is 13.2 Å². The summed E-state index contributed by atoms with van der Waals surface area (Å²) in [5.74, 6) is -1.54. The highest BCUT2D eigenvalue weighted by Gasteiger charge is 2.49. The zero-order valence-corrected chi connectivity index (χ0v) is 14.6. The zero-order valence-electron chi connectivity index (χ0n) is 13.0. The van der Waals surface area contributed by atoms with Gasteiger partial charge in [-0.1, -0.05) is 46.3 Å². The molecule has 1 aromatic heterocycles. The van der Waals surface area contributed by atoms with E-state index in [4.69, 9.17) is 0 Å². The second kappa shape index (κ2) is 5.73. The summed E-state index contributed by atoms with van der Waals surface area (Å²) >= 11 is 3.37. The van der Waals surface area contributed by atoms with Crippen LogP contribution in [0.4, 0.5) is 13.2 Å². The summed E-state index contributed by atoms with van der Waals surface area (Å²) in [4.78, 5) is 12.8. The minimum atomic E-state index is -4.32. The van der Waals surface area contributed by atoms with Gasteiger partial charge in [0.25, 0.3) is 5.56 Å². The van der Waals surface area contributed by atoms with E-state index in [9.17, 15) is 18.0 Å². The van der Waals surface area contributed by atoms with Crippen molar-refractivity contribution in [3.63, 3.8) is 0 Å². The number of para-hydroxylation sites is 1. The van der Waals surface area contributed by atoms with Crippen molar-refractivity contribution in [3.8, 4) is 0 Å². The Morgan fingerprint density at radius 3 is 2.44 bits per heavy atom. The number of halogens is 4. The standard InChI is InChI=1S/C19H13BrF3NO/c20-12-7-5-11(6-8-12)10-24-16-4-2-1-3-13(16)17-14(18(24)25)9-15(17)19(21,22)23/h1-8,15H,9-10H2. The van der Waals surface area contributed by atoms with Crippen LogP contribution >= 0.6 is 15.9 Å². The van der Waals surface area contributed by atoms with Gasteiger partial charge in [0.2, 0.25) is 0 Å². The molecule has 0 fully saturated rings. The molecule has 128 valence electrons. The lowest BCUT2D eigenvalue weighted by molar-refractivity contribution is -0.155. The van der Waals surface area contributed by atoms with Crippen molar-refractivity contribution in [2.75, 3.05) is 0 Å². The van der Waals surface area contributed by atoms with Gasteiger partial charge in [-0.15, -0.1) is 0 Å². The lowest BCUT2D eigenvalue weighted by atomic mass is 9.75. The molecule has 1 aliphatic rings. The average molecular weight is 408 g/mol. The fraction of sp³-hybridized carbons (Fsp3) is 0.211. The molecule has 0 saturated carbocycles. The normalized spacial score (nSPS) is 16.6. The number of nitrogens with zero attached hydrogens (tertiary/aromatic N) is 1. The zero-order chi connectivity index (χ0) is 17.8. The van der Waals surface area contributed by atoms with Gasteiger partial charge < -0.3 is 4.57 Å². The van der Waals surface area contributed by atoms with Crippen molar-refractivity contribution in [2.45, 2.75) is 25.1 Å². The van der Waals surface area contributed by atoms with Gasteiger partial charge in [0.1, 0.15) is 0 Å². The van der Waals surface area contributed by atoms with Gasteiger partial charge >= 0.3 is 6.18 Å². The third kappa shape index (κ3) is 2.68. The SMILES string of the molecule is O=c1c2c(c3ccccc3n1Cc1ccc(Br)cc1)C(C(F)(F)F)C2. The van der Waals surface area contributed by atoms with Gasteiger partial charge in [0, 0.05) is 15.4 Å². The maximum Gasteiger partial charge on any atom is 0.396 e. The van der Waals surface area contributed by atoms with E-state index in [0.717, 1.165) is 10.0 Å². The topological polar surface area (TPSA) is 22.0 Å². The lowest BCUT2D eigenvalue weighted by Crippen LogP contribution is -2.39. The highest BCUT2D eigenvalue weighted by Crippen LogP contribution is 2.47. The quantitative estimate of drug-likeness (QED) is 0.584. The van der Waals surface area contributed by atoms with Crippen molar-refractivity contribution >= 4 is 26.8 Å². The Labute approximate surface area is 150 Å². The average Bonchev–Trinajstić information content (AvgIpc) is 2.52. The van der Waals surface area contributed by atoms with E-state index in [0.29, 0.717) is 17.4 Å². The van der Waals surface area contributed by atoms with Crippen molar-refractivity contribution in [2.24, 2.45) is 0 Å². The van der Waals surface area contributed by atoms with Crippen LogP contribution in [-0.2, 0) is 13.0 Å². The summed E-state index contributed by atoms with van der Waals surface area (Å²) in [6, 6.07) is 14.4. The van der Waals surface area contributed by atoms with Gasteiger partial charge in [-0.3, -0.25) is 4.79 Å². The van der Waals surface area contributed by atoms with Gasteiger partial charge in [-0.25, -0.2) is 0 Å². The van der Waals surface area contributed by atoms with E-state index < -0.39 is 12.1 Å². The molecule has 0 saturated heterocycles. The van der Waals surface area contributed by atoms with Crippen LogP contribution in [0.3, 0.4) is 0 Å². The second-order valence-electron chi connectivity index (χ2n) is 6.23. The molecule has 0 bridgehead atoms. The number of hydrogen-bond donors (Lipinski definition) is 0. The lowest BCUT2D eigenvalue weighted by Gasteiger charge is -2.33. The second-order valence-corrected chi connectivity index (χ2v) is 7.14. The molecule has 0 amide bonds. The van der Waals surface area contributed by atoms with E-state index in [1.54, 1.807) is 28.8 Å². The molecule has 2 nitrogen and oxygen atoms in total. The van der Waals surface area contributed by atoms with Crippen LogP contribution in [0, 0.1) is 0 Å². The number of benzene rings is 2. The van der Waals surface area contributed by atoms with Gasteiger partial charge in [0.05, 0.1) is 18.0 Å². The van der Waals surface area contributed by atoms with Crippen LogP contribution in [0.5, 0.6) is 0 Å². The molecule has 0 aliphatic heterocycles. The van der Waals surface area contributed by atoms with E-state index >= 15 is 0 Å². The maximum atomic E-state index is 13.2. The Kier molecular flexibility index (Phi) is 3.76.